The number of hydrogen-bond acceptors (Lipinski definition) is 4. The quantitative estimate of drug-likeness (QED) is 0.506. The molecule has 0 aromatic carbocycles. The molecule has 27 heavy (non-hydrogen) atoms. The first-order valence-electron chi connectivity index (χ1n) is 10.6. The molecule has 0 bridgehead atoms. The number of nitrogens with zero attached hydrogens (tertiary/aromatic N) is 2. The Morgan fingerprint density at radius 1 is 1.33 bits per heavy atom. The van der Waals surface area contributed by atoms with E-state index in [0.29, 0.717) is 13.0 Å². The van der Waals surface area contributed by atoms with Crippen LogP contribution in [0.25, 0.3) is 0 Å². The monoisotopic (exact) mass is 379 g/mol. The summed E-state index contributed by atoms with van der Waals surface area (Å²) in [4.78, 5) is 18.5. The molecular weight excluding hydrogens is 342 g/mol. The van der Waals surface area contributed by atoms with Crippen LogP contribution in [0.15, 0.2) is 4.99 Å². The fourth-order valence-corrected chi connectivity index (χ4v) is 4.73. The number of ether oxygens (including phenoxy) is 1. The lowest BCUT2D eigenvalue weighted by atomic mass is 9.79. The summed E-state index contributed by atoms with van der Waals surface area (Å²) in [5.41, 5.74) is 0.0978. The van der Waals surface area contributed by atoms with E-state index in [2.05, 4.69) is 39.7 Å². The summed E-state index contributed by atoms with van der Waals surface area (Å²) in [5.74, 6) is 0.987. The first kappa shape index (κ1) is 20.4. The molecule has 1 unspecified atom stereocenters. The van der Waals surface area contributed by atoms with Gasteiger partial charge in [0.05, 0.1) is 12.2 Å². The van der Waals surface area contributed by atoms with Crippen LogP contribution in [0.5, 0.6) is 0 Å². The molecular formula is C20H37N5O2. The highest BCUT2D eigenvalue weighted by atomic mass is 16.5. The lowest BCUT2D eigenvalue weighted by Gasteiger charge is -2.51. The Kier molecular flexibility index (Phi) is 6.63. The standard InChI is InChI=1S/C20H37N5O2/c1-19(2)15-25(11-12-27-19)20(9-5-4-6-10-20)14-23-18(21-3)24-16-7-8-17(26)22-13-16/h16H,4-15H2,1-3H3,(H,22,26)(H2,21,23,24). The van der Waals surface area contributed by atoms with Gasteiger partial charge in [0.2, 0.25) is 5.91 Å². The van der Waals surface area contributed by atoms with Gasteiger partial charge < -0.3 is 20.7 Å². The minimum absolute atomic E-state index is 0.0804. The van der Waals surface area contributed by atoms with Gasteiger partial charge in [-0.25, -0.2) is 0 Å². The Hall–Kier alpha value is -1.34. The van der Waals surface area contributed by atoms with Crippen molar-refractivity contribution in [2.45, 2.75) is 76.0 Å². The third-order valence-corrected chi connectivity index (χ3v) is 6.30. The van der Waals surface area contributed by atoms with E-state index in [-0.39, 0.29) is 23.1 Å². The van der Waals surface area contributed by atoms with E-state index in [1.807, 2.05) is 7.05 Å². The van der Waals surface area contributed by atoms with Crippen molar-refractivity contribution in [3.05, 3.63) is 0 Å². The van der Waals surface area contributed by atoms with Gasteiger partial charge in [-0.3, -0.25) is 14.7 Å². The van der Waals surface area contributed by atoms with Gasteiger partial charge in [-0.05, 0) is 33.1 Å². The number of aliphatic imine (C=N–C) groups is 1. The van der Waals surface area contributed by atoms with E-state index in [9.17, 15) is 4.79 Å². The van der Waals surface area contributed by atoms with Crippen LogP contribution in [0.1, 0.15) is 58.8 Å². The molecule has 7 nitrogen and oxygen atoms in total. The molecule has 3 rings (SSSR count). The van der Waals surface area contributed by atoms with Crippen LogP contribution < -0.4 is 16.0 Å². The van der Waals surface area contributed by atoms with Crippen molar-refractivity contribution in [1.29, 1.82) is 0 Å². The number of rotatable bonds is 4. The molecule has 1 saturated carbocycles. The highest BCUT2D eigenvalue weighted by molar-refractivity contribution is 5.81. The zero-order valence-electron chi connectivity index (χ0n) is 17.3. The molecule has 2 heterocycles. The van der Waals surface area contributed by atoms with Crippen molar-refractivity contribution in [3.63, 3.8) is 0 Å². The number of morpholine rings is 1. The Balaban J connectivity index is 1.61. The van der Waals surface area contributed by atoms with Crippen LogP contribution >= 0.6 is 0 Å². The molecule has 2 saturated heterocycles. The van der Waals surface area contributed by atoms with E-state index < -0.39 is 0 Å². The van der Waals surface area contributed by atoms with Gasteiger partial charge in [0.1, 0.15) is 0 Å². The van der Waals surface area contributed by atoms with Gasteiger partial charge in [0.15, 0.2) is 5.96 Å². The lowest BCUT2D eigenvalue weighted by molar-refractivity contribution is -0.122. The third kappa shape index (κ3) is 5.35. The second-order valence-electron chi connectivity index (χ2n) is 8.92. The number of amides is 1. The molecule has 7 heteroatoms. The van der Waals surface area contributed by atoms with Gasteiger partial charge >= 0.3 is 0 Å². The Morgan fingerprint density at radius 2 is 2.11 bits per heavy atom. The molecule has 1 aliphatic carbocycles. The number of carbonyl (C=O) groups excluding carboxylic acids is 1. The summed E-state index contributed by atoms with van der Waals surface area (Å²) >= 11 is 0. The van der Waals surface area contributed by atoms with E-state index in [4.69, 9.17) is 4.74 Å². The molecule has 1 atom stereocenters. The third-order valence-electron chi connectivity index (χ3n) is 6.30. The molecule has 0 aromatic rings. The number of nitrogens with one attached hydrogen (secondary N) is 3. The van der Waals surface area contributed by atoms with Crippen LogP contribution in [0.3, 0.4) is 0 Å². The second kappa shape index (κ2) is 8.78. The van der Waals surface area contributed by atoms with Crippen molar-refractivity contribution in [2.75, 3.05) is 39.8 Å². The van der Waals surface area contributed by atoms with E-state index in [0.717, 1.165) is 38.6 Å². The van der Waals surface area contributed by atoms with Crippen molar-refractivity contribution in [1.82, 2.24) is 20.9 Å². The Labute approximate surface area is 163 Å². The highest BCUT2D eigenvalue weighted by Gasteiger charge is 2.42. The van der Waals surface area contributed by atoms with Gasteiger partial charge in [0, 0.05) is 51.2 Å². The maximum absolute atomic E-state index is 11.4. The number of hydrogen-bond donors (Lipinski definition) is 3. The van der Waals surface area contributed by atoms with Crippen molar-refractivity contribution in [3.8, 4) is 0 Å². The molecule has 0 radical (unpaired) electrons. The number of piperidine rings is 1. The summed E-state index contributed by atoms with van der Waals surface area (Å²) in [6, 6.07) is 0.249. The van der Waals surface area contributed by atoms with Crippen molar-refractivity contribution in [2.24, 2.45) is 4.99 Å². The highest BCUT2D eigenvalue weighted by Crippen LogP contribution is 2.36. The van der Waals surface area contributed by atoms with Gasteiger partial charge in [-0.2, -0.15) is 0 Å². The Bertz CT molecular complexity index is 532. The van der Waals surface area contributed by atoms with Gasteiger partial charge in [-0.1, -0.05) is 19.3 Å². The lowest BCUT2D eigenvalue weighted by Crippen LogP contribution is -2.64. The van der Waals surface area contributed by atoms with E-state index >= 15 is 0 Å². The van der Waals surface area contributed by atoms with Crippen LogP contribution in [-0.4, -0.2) is 73.8 Å². The van der Waals surface area contributed by atoms with Gasteiger partial charge in [0.25, 0.3) is 0 Å². The summed E-state index contributed by atoms with van der Waals surface area (Å²) in [7, 11) is 1.82. The fraction of sp³-hybridized carbons (Fsp3) is 0.900. The predicted molar refractivity (Wildman–Crippen MR) is 108 cm³/mol. The topological polar surface area (TPSA) is 78.0 Å². The summed E-state index contributed by atoms with van der Waals surface area (Å²) in [6.45, 7) is 8.76. The fourth-order valence-electron chi connectivity index (χ4n) is 4.73. The van der Waals surface area contributed by atoms with Crippen molar-refractivity contribution < 1.29 is 9.53 Å². The molecule has 154 valence electrons. The zero-order chi connectivity index (χ0) is 19.3. The van der Waals surface area contributed by atoms with Crippen LogP contribution in [0.4, 0.5) is 0 Å². The Morgan fingerprint density at radius 3 is 2.74 bits per heavy atom. The molecule has 0 spiro atoms. The van der Waals surface area contributed by atoms with E-state index in [1.165, 1.54) is 32.1 Å². The minimum Gasteiger partial charge on any atom is -0.373 e. The second-order valence-corrected chi connectivity index (χ2v) is 8.92. The molecule has 3 aliphatic rings. The minimum atomic E-state index is -0.0804. The normalized spacial score (nSPS) is 29.1. The molecule has 2 aliphatic heterocycles. The van der Waals surface area contributed by atoms with Crippen LogP contribution in [0, 0.1) is 0 Å². The van der Waals surface area contributed by atoms with Crippen LogP contribution in [0.2, 0.25) is 0 Å². The summed E-state index contributed by atoms with van der Waals surface area (Å²) in [6.07, 6.45) is 7.82. The van der Waals surface area contributed by atoms with Crippen molar-refractivity contribution >= 4 is 11.9 Å². The average molecular weight is 380 g/mol. The SMILES string of the molecule is CN=C(NCC1(N2CCOC(C)(C)C2)CCCCC1)NC1CCC(=O)NC1. The van der Waals surface area contributed by atoms with E-state index in [1.54, 1.807) is 0 Å². The van der Waals surface area contributed by atoms with Crippen LogP contribution in [-0.2, 0) is 9.53 Å². The largest absolute Gasteiger partial charge is 0.373 e. The molecule has 1 amide bonds. The average Bonchev–Trinajstić information content (AvgIpc) is 2.66. The zero-order valence-corrected chi connectivity index (χ0v) is 17.3. The van der Waals surface area contributed by atoms with Gasteiger partial charge in [-0.15, -0.1) is 0 Å². The summed E-state index contributed by atoms with van der Waals surface area (Å²) < 4.78 is 5.95. The predicted octanol–water partition coefficient (Wildman–Crippen LogP) is 1.24. The number of guanidine groups is 1. The maximum atomic E-state index is 11.4. The maximum Gasteiger partial charge on any atom is 0.220 e. The molecule has 3 fully saturated rings. The molecule has 3 N–H and O–H groups in total. The molecule has 0 aromatic heterocycles. The number of carbonyl (C=O) groups is 1. The smallest absolute Gasteiger partial charge is 0.220 e. The first-order chi connectivity index (χ1) is 12.9. The summed E-state index contributed by atoms with van der Waals surface area (Å²) in [5, 5.41) is 10.0. The first-order valence-corrected chi connectivity index (χ1v) is 10.6.